The molecule has 2 unspecified atom stereocenters. The summed E-state index contributed by atoms with van der Waals surface area (Å²) in [5.74, 6) is -0.0638. The van der Waals surface area contributed by atoms with Gasteiger partial charge in [-0.05, 0) is 12.5 Å². The van der Waals surface area contributed by atoms with Crippen LogP contribution in [0, 0.1) is 12.8 Å². The summed E-state index contributed by atoms with van der Waals surface area (Å²) in [5.41, 5.74) is 8.00. The fourth-order valence-corrected chi connectivity index (χ4v) is 2.61. The van der Waals surface area contributed by atoms with Crippen LogP contribution in [0.4, 0.5) is 0 Å². The molecule has 1 aromatic carbocycles. The third kappa shape index (κ3) is 3.49. The smallest absolute Gasteiger partial charge is 0.143 e. The van der Waals surface area contributed by atoms with E-state index in [4.69, 9.17) is 5.73 Å². The standard InChI is InChI=1S/C15H18N2OS/c1-10(15(16)12-6-4-3-5-7-12)14(18)8-13-9-19-11(2)17-13/h3-7,9-10,15H,8,16H2,1-2H3. The Morgan fingerprint density at radius 3 is 2.63 bits per heavy atom. The first-order chi connectivity index (χ1) is 9.08. The molecule has 0 bridgehead atoms. The molecule has 19 heavy (non-hydrogen) atoms. The van der Waals surface area contributed by atoms with Crippen molar-refractivity contribution in [2.45, 2.75) is 26.3 Å². The first-order valence-electron chi connectivity index (χ1n) is 6.32. The molecule has 0 spiro atoms. The topological polar surface area (TPSA) is 56.0 Å². The summed E-state index contributed by atoms with van der Waals surface area (Å²) in [5, 5.41) is 2.93. The molecule has 0 amide bonds. The Balaban J connectivity index is 2.03. The van der Waals surface area contributed by atoms with Crippen molar-refractivity contribution >= 4 is 17.1 Å². The third-order valence-electron chi connectivity index (χ3n) is 3.25. The second-order valence-corrected chi connectivity index (χ2v) is 5.79. The first-order valence-corrected chi connectivity index (χ1v) is 7.20. The van der Waals surface area contributed by atoms with E-state index in [2.05, 4.69) is 4.98 Å². The summed E-state index contributed by atoms with van der Waals surface area (Å²) in [6.45, 7) is 3.83. The summed E-state index contributed by atoms with van der Waals surface area (Å²) in [7, 11) is 0. The lowest BCUT2D eigenvalue weighted by atomic mass is 9.90. The summed E-state index contributed by atoms with van der Waals surface area (Å²) >= 11 is 1.57. The van der Waals surface area contributed by atoms with Crippen LogP contribution in [0.2, 0.25) is 0 Å². The van der Waals surface area contributed by atoms with Crippen LogP contribution in [0.3, 0.4) is 0 Å². The number of rotatable bonds is 5. The van der Waals surface area contributed by atoms with Crippen molar-refractivity contribution in [2.75, 3.05) is 0 Å². The number of thiazole rings is 1. The number of carbonyl (C=O) groups is 1. The minimum Gasteiger partial charge on any atom is -0.323 e. The average Bonchev–Trinajstić information content (AvgIpc) is 2.83. The molecule has 0 aliphatic heterocycles. The number of Topliss-reactive ketones (excluding diaryl/α,β-unsaturated/α-hetero) is 1. The molecule has 100 valence electrons. The highest BCUT2D eigenvalue weighted by atomic mass is 32.1. The van der Waals surface area contributed by atoms with Crippen LogP contribution in [0.1, 0.15) is 29.2 Å². The second kappa shape index (κ2) is 6.08. The van der Waals surface area contributed by atoms with Crippen molar-refractivity contribution in [3.63, 3.8) is 0 Å². The van der Waals surface area contributed by atoms with Gasteiger partial charge in [0.2, 0.25) is 0 Å². The van der Waals surface area contributed by atoms with Gasteiger partial charge in [0.25, 0.3) is 0 Å². The maximum atomic E-state index is 12.2. The lowest BCUT2D eigenvalue weighted by Gasteiger charge is -2.18. The van der Waals surface area contributed by atoms with E-state index in [1.54, 1.807) is 11.3 Å². The van der Waals surface area contributed by atoms with E-state index in [-0.39, 0.29) is 17.7 Å². The van der Waals surface area contributed by atoms with Gasteiger partial charge in [0.15, 0.2) is 0 Å². The first kappa shape index (κ1) is 13.9. The van der Waals surface area contributed by atoms with E-state index in [0.717, 1.165) is 16.3 Å². The van der Waals surface area contributed by atoms with Gasteiger partial charge in [0, 0.05) is 23.8 Å². The average molecular weight is 274 g/mol. The van der Waals surface area contributed by atoms with Crippen molar-refractivity contribution in [3.8, 4) is 0 Å². The van der Waals surface area contributed by atoms with Gasteiger partial charge >= 0.3 is 0 Å². The molecule has 1 heterocycles. The van der Waals surface area contributed by atoms with Crippen LogP contribution in [-0.4, -0.2) is 10.8 Å². The zero-order chi connectivity index (χ0) is 13.8. The number of hydrogen-bond acceptors (Lipinski definition) is 4. The molecule has 2 rings (SSSR count). The quantitative estimate of drug-likeness (QED) is 0.912. The van der Waals surface area contributed by atoms with Gasteiger partial charge in [-0.2, -0.15) is 0 Å². The molecule has 2 aromatic rings. The minimum absolute atomic E-state index is 0.140. The lowest BCUT2D eigenvalue weighted by molar-refractivity contribution is -0.122. The number of carbonyl (C=O) groups excluding carboxylic acids is 1. The van der Waals surface area contributed by atoms with Gasteiger partial charge < -0.3 is 5.73 Å². The molecule has 0 aliphatic carbocycles. The van der Waals surface area contributed by atoms with Gasteiger partial charge in [0.05, 0.1) is 10.7 Å². The van der Waals surface area contributed by atoms with Crippen molar-refractivity contribution in [1.29, 1.82) is 0 Å². The summed E-state index contributed by atoms with van der Waals surface area (Å²) in [6.07, 6.45) is 0.367. The van der Waals surface area contributed by atoms with Crippen LogP contribution in [0.15, 0.2) is 35.7 Å². The number of hydrogen-bond donors (Lipinski definition) is 1. The number of ketones is 1. The molecule has 0 aliphatic rings. The largest absolute Gasteiger partial charge is 0.323 e. The predicted molar refractivity (Wildman–Crippen MR) is 78.1 cm³/mol. The Kier molecular flexibility index (Phi) is 4.45. The molecule has 0 saturated carbocycles. The predicted octanol–water partition coefficient (Wildman–Crippen LogP) is 2.90. The van der Waals surface area contributed by atoms with Gasteiger partial charge in [-0.25, -0.2) is 4.98 Å². The number of benzene rings is 1. The lowest BCUT2D eigenvalue weighted by Crippen LogP contribution is -2.27. The SMILES string of the molecule is Cc1nc(CC(=O)C(C)C(N)c2ccccc2)cs1. The van der Waals surface area contributed by atoms with Crippen LogP contribution < -0.4 is 5.73 Å². The normalized spacial score (nSPS) is 14.1. The van der Waals surface area contributed by atoms with Crippen LogP contribution in [0.25, 0.3) is 0 Å². The molecule has 2 atom stereocenters. The zero-order valence-electron chi connectivity index (χ0n) is 11.2. The molecule has 3 nitrogen and oxygen atoms in total. The Labute approximate surface area is 117 Å². The fourth-order valence-electron chi connectivity index (χ4n) is 1.99. The van der Waals surface area contributed by atoms with E-state index in [9.17, 15) is 4.79 Å². The minimum atomic E-state index is -0.256. The monoisotopic (exact) mass is 274 g/mol. The maximum absolute atomic E-state index is 12.2. The van der Waals surface area contributed by atoms with Crippen molar-refractivity contribution in [3.05, 3.63) is 52.0 Å². The zero-order valence-corrected chi connectivity index (χ0v) is 12.0. The van der Waals surface area contributed by atoms with E-state index < -0.39 is 0 Å². The van der Waals surface area contributed by atoms with Gasteiger partial charge in [-0.3, -0.25) is 4.79 Å². The van der Waals surface area contributed by atoms with Crippen molar-refractivity contribution < 1.29 is 4.79 Å². The molecular formula is C15H18N2OS. The maximum Gasteiger partial charge on any atom is 0.143 e. The fraction of sp³-hybridized carbons (Fsp3) is 0.333. The van der Waals surface area contributed by atoms with Crippen molar-refractivity contribution in [2.24, 2.45) is 11.7 Å². The number of aromatic nitrogens is 1. The van der Waals surface area contributed by atoms with Crippen LogP contribution in [0.5, 0.6) is 0 Å². The van der Waals surface area contributed by atoms with Gasteiger partial charge in [0.1, 0.15) is 5.78 Å². The highest BCUT2D eigenvalue weighted by molar-refractivity contribution is 7.09. The van der Waals surface area contributed by atoms with E-state index in [0.29, 0.717) is 6.42 Å². The number of aryl methyl sites for hydroxylation is 1. The van der Waals surface area contributed by atoms with Crippen LogP contribution in [-0.2, 0) is 11.2 Å². The van der Waals surface area contributed by atoms with E-state index >= 15 is 0 Å². The Morgan fingerprint density at radius 2 is 2.05 bits per heavy atom. The Morgan fingerprint density at radius 1 is 1.37 bits per heavy atom. The number of nitrogens with two attached hydrogens (primary N) is 1. The molecule has 0 fully saturated rings. The molecule has 1 aromatic heterocycles. The molecule has 4 heteroatoms. The van der Waals surface area contributed by atoms with Gasteiger partial charge in [-0.15, -0.1) is 11.3 Å². The molecule has 0 radical (unpaired) electrons. The van der Waals surface area contributed by atoms with E-state index in [1.807, 2.05) is 49.6 Å². The highest BCUT2D eigenvalue weighted by Crippen LogP contribution is 2.21. The molecule has 2 N–H and O–H groups in total. The van der Waals surface area contributed by atoms with E-state index in [1.165, 1.54) is 0 Å². The summed E-state index contributed by atoms with van der Waals surface area (Å²) < 4.78 is 0. The highest BCUT2D eigenvalue weighted by Gasteiger charge is 2.22. The van der Waals surface area contributed by atoms with Crippen molar-refractivity contribution in [1.82, 2.24) is 4.98 Å². The second-order valence-electron chi connectivity index (χ2n) is 4.73. The van der Waals surface area contributed by atoms with Crippen LogP contribution >= 0.6 is 11.3 Å². The Bertz CT molecular complexity index is 550. The number of nitrogens with zero attached hydrogens (tertiary/aromatic N) is 1. The van der Waals surface area contributed by atoms with Gasteiger partial charge in [-0.1, -0.05) is 37.3 Å². The third-order valence-corrected chi connectivity index (χ3v) is 4.08. The summed E-state index contributed by atoms with van der Waals surface area (Å²) in [6, 6.07) is 9.49. The molecular weight excluding hydrogens is 256 g/mol. The Hall–Kier alpha value is -1.52. The molecule has 0 saturated heterocycles. The summed E-state index contributed by atoms with van der Waals surface area (Å²) in [4.78, 5) is 16.5.